The largest absolute Gasteiger partial charge is 0.326 e. The molecule has 0 unspecified atom stereocenters. The van der Waals surface area contributed by atoms with Crippen LogP contribution in [0, 0.1) is 0 Å². The van der Waals surface area contributed by atoms with E-state index in [9.17, 15) is 9.13 Å². The molecule has 122 valence electrons. The van der Waals surface area contributed by atoms with Gasteiger partial charge >= 0.3 is 15.2 Å². The van der Waals surface area contributed by atoms with Gasteiger partial charge in [0.05, 0.1) is 45.8 Å². The van der Waals surface area contributed by atoms with Crippen molar-refractivity contribution in [2.45, 2.75) is 6.42 Å². The van der Waals surface area contributed by atoms with Gasteiger partial charge in [-0.25, -0.2) is 0 Å². The fourth-order valence-corrected chi connectivity index (χ4v) is 2.79. The van der Waals surface area contributed by atoms with Crippen molar-refractivity contribution in [2.24, 2.45) is 0 Å². The van der Waals surface area contributed by atoms with Gasteiger partial charge in [-0.15, -0.1) is 0 Å². The van der Waals surface area contributed by atoms with Gasteiger partial charge in [-0.2, -0.15) is 0 Å². The van der Waals surface area contributed by atoms with Gasteiger partial charge in [0.1, 0.15) is 0 Å². The van der Waals surface area contributed by atoms with E-state index in [1.165, 1.54) is 0 Å². The van der Waals surface area contributed by atoms with Crippen molar-refractivity contribution in [3.05, 3.63) is 0 Å². The van der Waals surface area contributed by atoms with Crippen LogP contribution in [0.5, 0.6) is 0 Å². The molecule has 0 fully saturated rings. The summed E-state index contributed by atoms with van der Waals surface area (Å²) in [5.41, 5.74) is 0. The van der Waals surface area contributed by atoms with Gasteiger partial charge in [0.25, 0.3) is 0 Å². The van der Waals surface area contributed by atoms with E-state index in [0.717, 1.165) is 13.0 Å². The Morgan fingerprint density at radius 2 is 1.35 bits per heavy atom. The molecule has 0 saturated heterocycles. The van der Waals surface area contributed by atoms with Crippen LogP contribution in [0.25, 0.3) is 0 Å². The van der Waals surface area contributed by atoms with E-state index in [2.05, 4.69) is 12.8 Å². The zero-order valence-corrected chi connectivity index (χ0v) is 14.5. The van der Waals surface area contributed by atoms with Crippen molar-refractivity contribution < 1.29 is 32.6 Å². The van der Waals surface area contributed by atoms with Crippen molar-refractivity contribution in [3.8, 4) is 0 Å². The Kier molecular flexibility index (Phi) is 8.50. The van der Waals surface area contributed by atoms with Gasteiger partial charge in [0.15, 0.2) is 0 Å². The van der Waals surface area contributed by atoms with Crippen LogP contribution < -0.4 is 0 Å². The van der Waals surface area contributed by atoms with E-state index < -0.39 is 15.2 Å². The second-order valence-electron chi connectivity index (χ2n) is 5.32. The highest BCUT2D eigenvalue weighted by atomic mass is 32.1. The fraction of sp³-hybridized carbons (Fsp3) is 1.00. The third kappa shape index (κ3) is 15.0. The van der Waals surface area contributed by atoms with Crippen LogP contribution in [-0.4, -0.2) is 81.0 Å². The van der Waals surface area contributed by atoms with Crippen molar-refractivity contribution in [1.29, 1.82) is 0 Å². The Bertz CT molecular complexity index is 351. The monoisotopic (exact) mass is 351 g/mol. The molecule has 11 heteroatoms. The van der Waals surface area contributed by atoms with Crippen LogP contribution in [-0.2, 0) is 9.13 Å². The minimum absolute atomic E-state index is 0.115. The summed E-state index contributed by atoms with van der Waals surface area (Å²) in [6.07, 6.45) is 0.0966. The van der Waals surface area contributed by atoms with E-state index in [4.69, 9.17) is 19.6 Å². The third-order valence-corrected chi connectivity index (χ3v) is 4.36. The van der Waals surface area contributed by atoms with E-state index >= 15 is 0 Å². The molecule has 0 atom stereocenters. The van der Waals surface area contributed by atoms with E-state index in [0.29, 0.717) is 10.4 Å². The van der Waals surface area contributed by atoms with E-state index in [1.807, 2.05) is 14.1 Å². The molecule has 0 aromatic rings. The lowest BCUT2D eigenvalue weighted by Gasteiger charge is -2.25. The Morgan fingerprint density at radius 1 is 0.950 bits per heavy atom. The van der Waals surface area contributed by atoms with Crippen LogP contribution in [0.3, 0.4) is 0 Å². The summed E-state index contributed by atoms with van der Waals surface area (Å²) in [5.74, 6) is 0. The Hall–Kier alpha value is 0.570. The molecule has 0 saturated carbocycles. The highest BCUT2D eigenvalue weighted by Gasteiger charge is 2.20. The van der Waals surface area contributed by atoms with Gasteiger partial charge in [0, 0.05) is 26.1 Å². The average Bonchev–Trinajstić information content (AvgIpc) is 2.16. The van der Waals surface area contributed by atoms with Crippen LogP contribution >= 0.6 is 28.0 Å². The summed E-state index contributed by atoms with van der Waals surface area (Å²) in [5, 5.41) is 0. The molecule has 0 aliphatic heterocycles. The van der Waals surface area contributed by atoms with Crippen LogP contribution in [0.1, 0.15) is 6.42 Å². The maximum absolute atomic E-state index is 10.9. The van der Waals surface area contributed by atoms with Crippen molar-refractivity contribution in [1.82, 2.24) is 4.90 Å². The van der Waals surface area contributed by atoms with Crippen LogP contribution in [0.15, 0.2) is 0 Å². The maximum atomic E-state index is 10.9. The molecule has 0 aliphatic rings. The predicted octanol–water partition coefficient (Wildman–Crippen LogP) is -0.0449. The van der Waals surface area contributed by atoms with Crippen molar-refractivity contribution in [2.75, 3.05) is 52.6 Å². The molecule has 0 aliphatic carbocycles. The molecule has 0 radical (unpaired) electrons. The number of rotatable bonds is 10. The Morgan fingerprint density at radius 3 is 1.65 bits per heavy atom. The first-order valence-electron chi connectivity index (χ1n) is 6.16. The molecular weight excluding hydrogens is 326 g/mol. The first-order valence-corrected chi connectivity index (χ1v) is 10.2. The summed E-state index contributed by atoms with van der Waals surface area (Å²) >= 11 is 4.32. The highest BCUT2D eigenvalue weighted by molar-refractivity contribution is 7.74. The highest BCUT2D eigenvalue weighted by Crippen LogP contribution is 2.35. The standard InChI is InChI=1S/C9H24N2O6P2S/c1-11(2,20)7-3-4-10(5-8-18(12,13)14)6-9-19(15,16)17/h20H,3-9H2,1-2H3,(H3-,12,13,14,15,16,17)/p+1. The zero-order valence-electron chi connectivity index (χ0n) is 11.8. The lowest BCUT2D eigenvalue weighted by Crippen LogP contribution is -2.35. The molecule has 0 aromatic carbocycles. The first kappa shape index (κ1) is 20.6. The summed E-state index contributed by atoms with van der Waals surface area (Å²) in [6, 6.07) is 0. The van der Waals surface area contributed by atoms with Gasteiger partial charge < -0.3 is 24.5 Å². The SMILES string of the molecule is C[N+](C)(S)CCCN(CCP(=O)(O)O)CCP(=O)(O)O. The molecule has 0 amide bonds. The summed E-state index contributed by atoms with van der Waals surface area (Å²) in [4.78, 5) is 37.1. The minimum Gasteiger partial charge on any atom is -0.324 e. The lowest BCUT2D eigenvalue weighted by atomic mass is 10.3. The summed E-state index contributed by atoms with van der Waals surface area (Å²) in [7, 11) is -4.40. The lowest BCUT2D eigenvalue weighted by molar-refractivity contribution is -0.747. The Balaban J connectivity index is 4.31. The number of thiol groups is 1. The van der Waals surface area contributed by atoms with E-state index in [1.54, 1.807) is 4.90 Å². The topological polar surface area (TPSA) is 118 Å². The predicted molar refractivity (Wildman–Crippen MR) is 80.8 cm³/mol. The van der Waals surface area contributed by atoms with Crippen molar-refractivity contribution in [3.63, 3.8) is 0 Å². The number of nitrogens with zero attached hydrogens (tertiary/aromatic N) is 2. The smallest absolute Gasteiger partial charge is 0.324 e. The van der Waals surface area contributed by atoms with Gasteiger partial charge in [-0.05, 0) is 0 Å². The molecular formula is C9H25N2O6P2S+. The fourth-order valence-electron chi connectivity index (χ4n) is 1.56. The molecule has 0 aromatic heterocycles. The average molecular weight is 351 g/mol. The van der Waals surface area contributed by atoms with E-state index in [-0.39, 0.29) is 25.4 Å². The number of hydrogen-bond donors (Lipinski definition) is 5. The molecule has 0 spiro atoms. The van der Waals surface area contributed by atoms with Gasteiger partial charge in [0.2, 0.25) is 0 Å². The molecule has 8 nitrogen and oxygen atoms in total. The normalized spacial score (nSPS) is 14.0. The zero-order chi connectivity index (χ0) is 16.0. The summed E-state index contributed by atoms with van der Waals surface area (Å²) < 4.78 is 22.2. The van der Waals surface area contributed by atoms with Gasteiger partial charge in [-0.1, -0.05) is 0 Å². The maximum Gasteiger partial charge on any atom is 0.326 e. The Labute approximate surface area is 125 Å². The molecule has 0 bridgehead atoms. The third-order valence-electron chi connectivity index (χ3n) is 2.59. The number of hydrogen-bond acceptors (Lipinski definition) is 4. The molecule has 20 heavy (non-hydrogen) atoms. The molecule has 0 rings (SSSR count). The quantitative estimate of drug-likeness (QED) is 0.213. The van der Waals surface area contributed by atoms with Gasteiger partial charge in [-0.3, -0.25) is 13.0 Å². The van der Waals surface area contributed by atoms with Crippen LogP contribution in [0.4, 0.5) is 0 Å². The van der Waals surface area contributed by atoms with Crippen LogP contribution in [0.2, 0.25) is 0 Å². The van der Waals surface area contributed by atoms with Crippen molar-refractivity contribution >= 4 is 28.0 Å². The number of quaternary nitrogens is 1. The molecule has 4 N–H and O–H groups in total. The molecule has 0 heterocycles. The second kappa shape index (κ2) is 8.27. The minimum atomic E-state index is -4.10. The second-order valence-corrected chi connectivity index (χ2v) is 9.95. The summed E-state index contributed by atoms with van der Waals surface area (Å²) in [6.45, 7) is 1.49. The first-order chi connectivity index (χ1) is 8.79.